The summed E-state index contributed by atoms with van der Waals surface area (Å²) >= 11 is 6.21. The van der Waals surface area contributed by atoms with Crippen molar-refractivity contribution in [1.29, 1.82) is 0 Å². The Bertz CT molecular complexity index is 959. The molecule has 2 heterocycles. The highest BCUT2D eigenvalue weighted by molar-refractivity contribution is 6.31. The third kappa shape index (κ3) is 4.96. The van der Waals surface area contributed by atoms with E-state index in [0.29, 0.717) is 29.5 Å². The van der Waals surface area contributed by atoms with Gasteiger partial charge in [-0.05, 0) is 55.8 Å². The highest BCUT2D eigenvalue weighted by Gasteiger charge is 2.56. The first-order valence-electron chi connectivity index (χ1n) is 11.7. The first-order valence-corrected chi connectivity index (χ1v) is 12.0. The van der Waals surface area contributed by atoms with Gasteiger partial charge in [-0.15, -0.1) is 0 Å². The summed E-state index contributed by atoms with van der Waals surface area (Å²) < 4.78 is 0. The summed E-state index contributed by atoms with van der Waals surface area (Å²) in [6.07, 6.45) is 2.18. The van der Waals surface area contributed by atoms with Gasteiger partial charge in [0.1, 0.15) is 12.1 Å². The zero-order valence-corrected chi connectivity index (χ0v) is 20.7. The number of carbonyl (C=O) groups excluding carboxylic acids is 3. The predicted octanol–water partition coefficient (Wildman–Crippen LogP) is 3.17. The zero-order chi connectivity index (χ0) is 24.0. The van der Waals surface area contributed by atoms with Crippen molar-refractivity contribution in [2.24, 2.45) is 11.3 Å². The number of imide groups is 1. The molecule has 33 heavy (non-hydrogen) atoms. The van der Waals surface area contributed by atoms with E-state index in [9.17, 15) is 14.4 Å². The van der Waals surface area contributed by atoms with Crippen molar-refractivity contribution in [2.45, 2.75) is 45.6 Å². The minimum absolute atomic E-state index is 0.0585. The van der Waals surface area contributed by atoms with Crippen LogP contribution in [0.4, 0.5) is 16.2 Å². The van der Waals surface area contributed by atoms with E-state index in [2.05, 4.69) is 48.3 Å². The molecule has 0 aromatic heterocycles. The van der Waals surface area contributed by atoms with Crippen LogP contribution in [0, 0.1) is 11.3 Å². The van der Waals surface area contributed by atoms with Crippen molar-refractivity contribution >= 4 is 40.8 Å². The number of benzene rings is 1. The summed E-state index contributed by atoms with van der Waals surface area (Å²) in [7, 11) is 2.08. The molecule has 3 aliphatic rings. The molecule has 1 aromatic carbocycles. The fourth-order valence-corrected chi connectivity index (χ4v) is 6.09. The molecule has 1 aromatic rings. The Morgan fingerprint density at radius 3 is 2.55 bits per heavy atom. The highest BCUT2D eigenvalue weighted by Crippen LogP contribution is 2.46. The average Bonchev–Trinajstić information content (AvgIpc) is 2.90. The van der Waals surface area contributed by atoms with Crippen LogP contribution < -0.4 is 15.5 Å². The maximum absolute atomic E-state index is 13.3. The van der Waals surface area contributed by atoms with Crippen molar-refractivity contribution in [2.75, 3.05) is 50.0 Å². The van der Waals surface area contributed by atoms with Gasteiger partial charge in [-0.2, -0.15) is 0 Å². The summed E-state index contributed by atoms with van der Waals surface area (Å²) in [6, 6.07) is 4.92. The summed E-state index contributed by atoms with van der Waals surface area (Å²) in [5, 5.41) is 6.33. The number of urea groups is 1. The molecule has 8 nitrogen and oxygen atoms in total. The molecule has 0 bridgehead atoms. The molecule has 4 rings (SSSR count). The zero-order valence-electron chi connectivity index (χ0n) is 19.9. The van der Waals surface area contributed by atoms with Gasteiger partial charge < -0.3 is 20.4 Å². The van der Waals surface area contributed by atoms with E-state index in [1.807, 2.05) is 6.07 Å². The number of anilines is 2. The first-order chi connectivity index (χ1) is 15.5. The standard InChI is InChI=1S/C24H34ClN5O3/c1-16-12-23(2,3)15-24(13-16)21(32)30(22(33)27-24)14-20(31)26-18-11-17(25)5-6-19(18)29-9-7-28(4)8-10-29/h5-6,11,16H,7-10,12-15H2,1-4H3,(H,26,31)(H,27,33)/t16-,24+/m1/s1. The van der Waals surface area contributed by atoms with Crippen LogP contribution in [0.5, 0.6) is 0 Å². The van der Waals surface area contributed by atoms with Crippen molar-refractivity contribution < 1.29 is 14.4 Å². The van der Waals surface area contributed by atoms with Gasteiger partial charge in [0.2, 0.25) is 5.91 Å². The monoisotopic (exact) mass is 475 g/mol. The van der Waals surface area contributed by atoms with E-state index in [4.69, 9.17) is 11.6 Å². The van der Waals surface area contributed by atoms with Gasteiger partial charge in [-0.3, -0.25) is 14.5 Å². The molecule has 0 unspecified atom stereocenters. The molecular weight excluding hydrogens is 442 g/mol. The van der Waals surface area contributed by atoms with Crippen LogP contribution in [0.2, 0.25) is 5.02 Å². The minimum atomic E-state index is -0.917. The van der Waals surface area contributed by atoms with E-state index in [1.54, 1.807) is 12.1 Å². The van der Waals surface area contributed by atoms with Crippen LogP contribution >= 0.6 is 11.6 Å². The number of hydrogen-bond donors (Lipinski definition) is 2. The van der Waals surface area contributed by atoms with Gasteiger partial charge in [-0.25, -0.2) is 4.79 Å². The van der Waals surface area contributed by atoms with Crippen molar-refractivity contribution in [3.8, 4) is 0 Å². The molecule has 9 heteroatoms. The van der Waals surface area contributed by atoms with Crippen LogP contribution in [0.25, 0.3) is 0 Å². The molecule has 2 atom stereocenters. The smallest absolute Gasteiger partial charge is 0.325 e. The third-order valence-electron chi connectivity index (χ3n) is 7.00. The molecule has 1 spiro atoms. The molecule has 3 fully saturated rings. The number of amides is 4. The topological polar surface area (TPSA) is 85.0 Å². The van der Waals surface area contributed by atoms with Crippen LogP contribution in [0.15, 0.2) is 18.2 Å². The molecular formula is C24H34ClN5O3. The van der Waals surface area contributed by atoms with Gasteiger partial charge in [0.15, 0.2) is 0 Å². The number of nitrogens with zero attached hydrogens (tertiary/aromatic N) is 3. The molecule has 1 saturated carbocycles. The number of carbonyl (C=O) groups is 3. The Morgan fingerprint density at radius 1 is 1.18 bits per heavy atom. The Morgan fingerprint density at radius 2 is 1.88 bits per heavy atom. The SMILES string of the molecule is C[C@@H]1CC(C)(C)C[C@]2(C1)NC(=O)N(CC(=O)Nc1cc(Cl)ccc1N1CCN(C)CC1)C2=O. The number of halogens is 1. The fraction of sp³-hybridized carbons (Fsp3) is 0.625. The quantitative estimate of drug-likeness (QED) is 0.653. The Balaban J connectivity index is 1.48. The summed E-state index contributed by atoms with van der Waals surface area (Å²) in [5.74, 6) is -0.409. The lowest BCUT2D eigenvalue weighted by Crippen LogP contribution is -2.54. The van der Waals surface area contributed by atoms with Crippen LogP contribution in [0.1, 0.15) is 40.0 Å². The number of hydrogen-bond acceptors (Lipinski definition) is 5. The van der Waals surface area contributed by atoms with Gasteiger partial charge in [0.25, 0.3) is 5.91 Å². The fourth-order valence-electron chi connectivity index (χ4n) is 5.91. The van der Waals surface area contributed by atoms with Crippen LogP contribution in [-0.4, -0.2) is 73.0 Å². The number of nitrogens with one attached hydrogen (secondary N) is 2. The summed E-state index contributed by atoms with van der Waals surface area (Å²) in [4.78, 5) is 44.6. The maximum atomic E-state index is 13.3. The molecule has 180 valence electrons. The minimum Gasteiger partial charge on any atom is -0.367 e. The van der Waals surface area contributed by atoms with Gasteiger partial charge in [0, 0.05) is 31.2 Å². The number of piperazine rings is 1. The van der Waals surface area contributed by atoms with Gasteiger partial charge in [-0.1, -0.05) is 32.4 Å². The largest absolute Gasteiger partial charge is 0.367 e. The number of likely N-dealkylation sites (N-methyl/N-ethyl adjacent to an activating group) is 1. The molecule has 2 saturated heterocycles. The van der Waals surface area contributed by atoms with Crippen LogP contribution in [-0.2, 0) is 9.59 Å². The number of rotatable bonds is 4. The van der Waals surface area contributed by atoms with Crippen LogP contribution in [0.3, 0.4) is 0 Å². The molecule has 1 aliphatic carbocycles. The third-order valence-corrected chi connectivity index (χ3v) is 7.24. The second-order valence-corrected chi connectivity index (χ2v) is 11.2. The average molecular weight is 476 g/mol. The van der Waals surface area contributed by atoms with Crippen molar-refractivity contribution in [3.63, 3.8) is 0 Å². The van der Waals surface area contributed by atoms with Gasteiger partial charge in [0.05, 0.1) is 11.4 Å². The highest BCUT2D eigenvalue weighted by atomic mass is 35.5. The Kier molecular flexibility index (Phi) is 6.35. The van der Waals surface area contributed by atoms with Crippen molar-refractivity contribution in [1.82, 2.24) is 15.1 Å². The van der Waals surface area contributed by atoms with E-state index in [-0.39, 0.29) is 17.9 Å². The lowest BCUT2D eigenvalue weighted by atomic mass is 9.64. The molecule has 2 N–H and O–H groups in total. The van der Waals surface area contributed by atoms with E-state index in [1.165, 1.54) is 0 Å². The summed E-state index contributed by atoms with van der Waals surface area (Å²) in [5.41, 5.74) is 0.500. The predicted molar refractivity (Wildman–Crippen MR) is 130 cm³/mol. The van der Waals surface area contributed by atoms with E-state index < -0.39 is 17.5 Å². The molecule has 2 aliphatic heterocycles. The molecule has 0 radical (unpaired) electrons. The van der Waals surface area contributed by atoms with Gasteiger partial charge >= 0.3 is 6.03 Å². The lowest BCUT2D eigenvalue weighted by Gasteiger charge is -2.43. The lowest BCUT2D eigenvalue weighted by molar-refractivity contribution is -0.136. The van der Waals surface area contributed by atoms with E-state index >= 15 is 0 Å². The summed E-state index contributed by atoms with van der Waals surface area (Å²) in [6.45, 7) is 9.56. The second kappa shape index (κ2) is 8.80. The maximum Gasteiger partial charge on any atom is 0.325 e. The molecule has 4 amide bonds. The van der Waals surface area contributed by atoms with Crippen molar-refractivity contribution in [3.05, 3.63) is 23.2 Å². The Labute approximate surface area is 200 Å². The Hall–Kier alpha value is -2.32. The second-order valence-electron chi connectivity index (χ2n) is 10.8. The van der Waals surface area contributed by atoms with E-state index in [0.717, 1.165) is 43.2 Å². The normalized spacial score (nSPS) is 27.7. The first kappa shape index (κ1) is 23.8.